The number of benzene rings is 5. The summed E-state index contributed by atoms with van der Waals surface area (Å²) in [6, 6.07) is 41.7. The Morgan fingerprint density at radius 1 is 0.371 bits per heavy atom. The fraction of sp³-hybridized carbons (Fsp3) is 0. The standard InChI is InChI=1S/C32H21NO2/c34-31-29-15-8-7-14-27(29)28-17-9-16-26(30(28)32(31)35)22-18-20-25(21-19-22)33(23-10-3-1-4-11-23)24-12-5-2-6-13-24/h1-21H. The van der Waals surface area contributed by atoms with Crippen LogP contribution >= 0.6 is 0 Å². The van der Waals surface area contributed by atoms with Crippen molar-refractivity contribution in [3.8, 4) is 22.3 Å². The number of para-hydroxylation sites is 2. The van der Waals surface area contributed by atoms with Crippen molar-refractivity contribution < 1.29 is 9.59 Å². The summed E-state index contributed by atoms with van der Waals surface area (Å²) < 4.78 is 0. The van der Waals surface area contributed by atoms with Crippen LogP contribution in [0.5, 0.6) is 0 Å². The third-order valence-electron chi connectivity index (χ3n) is 6.42. The summed E-state index contributed by atoms with van der Waals surface area (Å²) in [6.07, 6.45) is 0. The van der Waals surface area contributed by atoms with Crippen molar-refractivity contribution >= 4 is 28.6 Å². The molecule has 0 radical (unpaired) electrons. The van der Waals surface area contributed by atoms with E-state index in [2.05, 4.69) is 41.3 Å². The Morgan fingerprint density at radius 3 is 1.49 bits per heavy atom. The van der Waals surface area contributed by atoms with Crippen molar-refractivity contribution in [2.75, 3.05) is 4.90 Å². The zero-order valence-corrected chi connectivity index (χ0v) is 18.9. The summed E-state index contributed by atoms with van der Waals surface area (Å²) in [5.41, 5.74) is 7.35. The van der Waals surface area contributed by atoms with Crippen LogP contribution < -0.4 is 4.90 Å². The summed E-state index contributed by atoms with van der Waals surface area (Å²) in [4.78, 5) is 28.2. The first-order chi connectivity index (χ1) is 17.2. The lowest BCUT2D eigenvalue weighted by atomic mass is 9.80. The van der Waals surface area contributed by atoms with Gasteiger partial charge in [-0.1, -0.05) is 91.0 Å². The highest BCUT2D eigenvalue weighted by Gasteiger charge is 2.32. The number of hydrogen-bond donors (Lipinski definition) is 0. The van der Waals surface area contributed by atoms with Gasteiger partial charge in [0.05, 0.1) is 0 Å². The van der Waals surface area contributed by atoms with Gasteiger partial charge in [-0.2, -0.15) is 0 Å². The Hall–Kier alpha value is -4.76. The maximum absolute atomic E-state index is 13.2. The van der Waals surface area contributed by atoms with Crippen LogP contribution in [0.3, 0.4) is 0 Å². The predicted molar refractivity (Wildman–Crippen MR) is 141 cm³/mol. The monoisotopic (exact) mass is 451 g/mol. The number of ketones is 2. The van der Waals surface area contributed by atoms with Gasteiger partial charge in [-0.15, -0.1) is 0 Å². The van der Waals surface area contributed by atoms with Gasteiger partial charge in [0.25, 0.3) is 0 Å². The molecule has 0 amide bonds. The second-order valence-electron chi connectivity index (χ2n) is 8.49. The molecule has 3 heteroatoms. The van der Waals surface area contributed by atoms with Gasteiger partial charge in [0.2, 0.25) is 11.6 Å². The van der Waals surface area contributed by atoms with Crippen LogP contribution in [0.25, 0.3) is 22.3 Å². The van der Waals surface area contributed by atoms with Crippen LogP contribution in [-0.4, -0.2) is 11.6 Å². The molecule has 35 heavy (non-hydrogen) atoms. The Morgan fingerprint density at radius 2 is 0.857 bits per heavy atom. The van der Waals surface area contributed by atoms with Crippen LogP contribution in [0.2, 0.25) is 0 Å². The third-order valence-corrected chi connectivity index (χ3v) is 6.42. The van der Waals surface area contributed by atoms with Gasteiger partial charge in [-0.05, 0) is 58.7 Å². The van der Waals surface area contributed by atoms with E-state index in [1.165, 1.54) is 0 Å². The number of Topliss-reactive ketones (excluding diaryl/α,β-unsaturated/α-hetero) is 2. The maximum Gasteiger partial charge on any atom is 0.234 e. The summed E-state index contributed by atoms with van der Waals surface area (Å²) in [6.45, 7) is 0. The summed E-state index contributed by atoms with van der Waals surface area (Å²) in [5.74, 6) is -0.898. The molecular weight excluding hydrogens is 430 g/mol. The molecule has 0 bridgehead atoms. The van der Waals surface area contributed by atoms with Gasteiger partial charge in [0.1, 0.15) is 0 Å². The molecule has 0 saturated heterocycles. The van der Waals surface area contributed by atoms with E-state index in [0.29, 0.717) is 11.1 Å². The fourth-order valence-electron chi connectivity index (χ4n) is 4.81. The van der Waals surface area contributed by atoms with Crippen molar-refractivity contribution in [3.63, 3.8) is 0 Å². The number of fused-ring (bicyclic) bond motifs is 3. The lowest BCUT2D eigenvalue weighted by Crippen LogP contribution is -2.22. The molecule has 3 nitrogen and oxygen atoms in total. The lowest BCUT2D eigenvalue weighted by molar-refractivity contribution is 0.0815. The largest absolute Gasteiger partial charge is 0.311 e. The van der Waals surface area contributed by atoms with Crippen molar-refractivity contribution in [1.82, 2.24) is 0 Å². The normalized spacial score (nSPS) is 12.1. The highest BCUT2D eigenvalue weighted by atomic mass is 16.2. The Kier molecular flexibility index (Phi) is 5.08. The number of carbonyl (C=O) groups excluding carboxylic acids is 2. The average molecular weight is 452 g/mol. The van der Waals surface area contributed by atoms with E-state index >= 15 is 0 Å². The molecule has 0 atom stereocenters. The average Bonchev–Trinajstić information content (AvgIpc) is 2.93. The minimum atomic E-state index is -0.450. The van der Waals surface area contributed by atoms with Crippen LogP contribution in [0.1, 0.15) is 20.7 Å². The van der Waals surface area contributed by atoms with Gasteiger partial charge in [-0.25, -0.2) is 0 Å². The van der Waals surface area contributed by atoms with Crippen LogP contribution in [-0.2, 0) is 0 Å². The molecule has 5 aromatic rings. The molecule has 0 saturated carbocycles. The summed E-state index contributed by atoms with van der Waals surface area (Å²) >= 11 is 0. The first-order valence-electron chi connectivity index (χ1n) is 11.5. The predicted octanol–water partition coefficient (Wildman–Crippen LogP) is 7.87. The molecule has 0 fully saturated rings. The third kappa shape index (κ3) is 3.54. The van der Waals surface area contributed by atoms with Gasteiger partial charge in [0.15, 0.2) is 0 Å². The zero-order chi connectivity index (χ0) is 23.8. The Bertz CT molecular complexity index is 1520. The second-order valence-corrected chi connectivity index (χ2v) is 8.49. The Balaban J connectivity index is 1.46. The maximum atomic E-state index is 13.2. The topological polar surface area (TPSA) is 37.4 Å². The van der Waals surface area contributed by atoms with Gasteiger partial charge in [0, 0.05) is 28.2 Å². The van der Waals surface area contributed by atoms with Gasteiger partial charge >= 0.3 is 0 Å². The number of anilines is 3. The van der Waals surface area contributed by atoms with Crippen molar-refractivity contribution in [2.45, 2.75) is 0 Å². The molecule has 0 spiro atoms. The minimum Gasteiger partial charge on any atom is -0.311 e. The van der Waals surface area contributed by atoms with Crippen LogP contribution in [0.4, 0.5) is 17.1 Å². The highest BCUT2D eigenvalue weighted by molar-refractivity contribution is 6.53. The molecule has 5 aromatic carbocycles. The number of carbonyl (C=O) groups is 2. The summed E-state index contributed by atoms with van der Waals surface area (Å²) in [5, 5.41) is 0. The van der Waals surface area contributed by atoms with E-state index < -0.39 is 11.6 Å². The first kappa shape index (κ1) is 20.8. The molecule has 1 aliphatic carbocycles. The van der Waals surface area contributed by atoms with Crippen LogP contribution in [0, 0.1) is 0 Å². The molecule has 0 unspecified atom stereocenters. The van der Waals surface area contributed by atoms with Gasteiger partial charge in [-0.3, -0.25) is 9.59 Å². The van der Waals surface area contributed by atoms with Crippen molar-refractivity contribution in [1.29, 1.82) is 0 Å². The number of rotatable bonds is 4. The molecule has 166 valence electrons. The van der Waals surface area contributed by atoms with E-state index in [9.17, 15) is 9.59 Å². The van der Waals surface area contributed by atoms with Crippen molar-refractivity contribution in [3.05, 3.63) is 139 Å². The second kappa shape index (κ2) is 8.54. The van der Waals surface area contributed by atoms with Gasteiger partial charge < -0.3 is 4.90 Å². The number of nitrogens with zero attached hydrogens (tertiary/aromatic N) is 1. The minimum absolute atomic E-state index is 0.448. The van der Waals surface area contributed by atoms with Crippen molar-refractivity contribution in [2.24, 2.45) is 0 Å². The molecule has 0 aliphatic heterocycles. The van der Waals surface area contributed by atoms with E-state index in [4.69, 9.17) is 0 Å². The molecular formula is C32H21NO2. The quantitative estimate of drug-likeness (QED) is 0.261. The zero-order valence-electron chi connectivity index (χ0n) is 18.9. The van der Waals surface area contributed by atoms with E-state index in [1.54, 1.807) is 12.1 Å². The molecule has 6 rings (SSSR count). The summed E-state index contributed by atoms with van der Waals surface area (Å²) in [7, 11) is 0. The fourth-order valence-corrected chi connectivity index (χ4v) is 4.81. The van der Waals surface area contributed by atoms with E-state index in [1.807, 2.05) is 78.9 Å². The first-order valence-corrected chi connectivity index (χ1v) is 11.5. The van der Waals surface area contributed by atoms with Crippen LogP contribution in [0.15, 0.2) is 127 Å². The molecule has 1 aliphatic rings. The smallest absolute Gasteiger partial charge is 0.234 e. The molecule has 0 aromatic heterocycles. The number of hydrogen-bond acceptors (Lipinski definition) is 3. The highest BCUT2D eigenvalue weighted by Crippen LogP contribution is 2.40. The molecule has 0 heterocycles. The lowest BCUT2D eigenvalue weighted by Gasteiger charge is -2.26. The van der Waals surface area contributed by atoms with E-state index in [0.717, 1.165) is 39.3 Å². The SMILES string of the molecule is O=C1C(=O)c2c(-c3ccc(N(c4ccccc4)c4ccccc4)cc3)cccc2-c2ccccc21. The van der Waals surface area contributed by atoms with E-state index in [-0.39, 0.29) is 0 Å². The molecule has 0 N–H and O–H groups in total. The Labute approximate surface area is 203 Å².